The zero-order valence-electron chi connectivity index (χ0n) is 14.5. The molecule has 0 aliphatic carbocycles. The lowest BCUT2D eigenvalue weighted by molar-refractivity contribution is -0.126. The van der Waals surface area contributed by atoms with Crippen LogP contribution in [0, 0.1) is 19.8 Å². The molecule has 134 valence electrons. The van der Waals surface area contributed by atoms with Crippen molar-refractivity contribution in [2.75, 3.05) is 32.5 Å². The Morgan fingerprint density at radius 2 is 2.12 bits per heavy atom. The Morgan fingerprint density at radius 3 is 2.83 bits per heavy atom. The molecule has 7 heteroatoms. The molecule has 1 aromatic carbocycles. The molecule has 1 saturated heterocycles. The van der Waals surface area contributed by atoms with Gasteiger partial charge in [0, 0.05) is 13.1 Å². The minimum Gasteiger partial charge on any atom is -0.491 e. The van der Waals surface area contributed by atoms with Crippen LogP contribution in [0.1, 0.15) is 24.0 Å². The number of nitrogens with one attached hydrogen (secondary N) is 1. The van der Waals surface area contributed by atoms with Gasteiger partial charge in [0.25, 0.3) is 0 Å². The van der Waals surface area contributed by atoms with Gasteiger partial charge in [-0.15, -0.1) is 0 Å². The Bertz CT molecular complexity index is 688. The van der Waals surface area contributed by atoms with Crippen molar-refractivity contribution in [1.82, 2.24) is 9.62 Å². The van der Waals surface area contributed by atoms with Crippen LogP contribution in [-0.4, -0.2) is 51.1 Å². The van der Waals surface area contributed by atoms with Gasteiger partial charge in [-0.05, 0) is 43.9 Å². The van der Waals surface area contributed by atoms with Gasteiger partial charge in [0.05, 0.1) is 18.7 Å². The molecule has 0 spiro atoms. The first-order valence-corrected chi connectivity index (χ1v) is 10.1. The topological polar surface area (TPSA) is 75.7 Å². The van der Waals surface area contributed by atoms with Crippen LogP contribution in [0.5, 0.6) is 5.75 Å². The third kappa shape index (κ3) is 4.95. The van der Waals surface area contributed by atoms with Crippen molar-refractivity contribution >= 4 is 15.9 Å². The number of sulfonamides is 1. The van der Waals surface area contributed by atoms with Crippen LogP contribution < -0.4 is 10.1 Å². The summed E-state index contributed by atoms with van der Waals surface area (Å²) in [5.74, 6) is 0.437. The van der Waals surface area contributed by atoms with E-state index in [9.17, 15) is 13.2 Å². The fourth-order valence-electron chi connectivity index (χ4n) is 2.82. The van der Waals surface area contributed by atoms with Crippen LogP contribution in [0.25, 0.3) is 0 Å². The summed E-state index contributed by atoms with van der Waals surface area (Å²) in [7, 11) is -3.23. The number of ether oxygens (including phenoxy) is 1. The standard InChI is InChI=1S/C17H26N2O4S/c1-13-6-4-8-16(14(13)2)23-11-9-18-17(20)15-7-5-10-19(12-15)24(3,21)22/h4,6,8,15H,5,7,9-12H2,1-3H3,(H,18,20)/t15-/m0/s1. The van der Waals surface area contributed by atoms with E-state index in [0.717, 1.165) is 17.7 Å². The number of carbonyl (C=O) groups excluding carboxylic acids is 1. The van der Waals surface area contributed by atoms with E-state index in [0.29, 0.717) is 26.1 Å². The molecule has 0 saturated carbocycles. The van der Waals surface area contributed by atoms with E-state index in [1.807, 2.05) is 32.0 Å². The molecule has 1 aliphatic heterocycles. The fourth-order valence-corrected chi connectivity index (χ4v) is 3.73. The molecule has 0 aromatic heterocycles. The molecule has 0 radical (unpaired) electrons. The lowest BCUT2D eigenvalue weighted by atomic mass is 9.99. The van der Waals surface area contributed by atoms with E-state index in [2.05, 4.69) is 5.32 Å². The summed E-state index contributed by atoms with van der Waals surface area (Å²) in [6, 6.07) is 5.88. The highest BCUT2D eigenvalue weighted by molar-refractivity contribution is 7.88. The second-order valence-electron chi connectivity index (χ2n) is 6.30. The van der Waals surface area contributed by atoms with Crippen molar-refractivity contribution < 1.29 is 17.9 Å². The van der Waals surface area contributed by atoms with E-state index < -0.39 is 10.0 Å². The maximum Gasteiger partial charge on any atom is 0.224 e. The number of piperidine rings is 1. The molecule has 6 nitrogen and oxygen atoms in total. The maximum absolute atomic E-state index is 12.2. The van der Waals surface area contributed by atoms with Crippen molar-refractivity contribution in [3.05, 3.63) is 29.3 Å². The highest BCUT2D eigenvalue weighted by atomic mass is 32.2. The van der Waals surface area contributed by atoms with E-state index in [1.165, 1.54) is 16.1 Å². The van der Waals surface area contributed by atoms with Gasteiger partial charge < -0.3 is 10.1 Å². The number of amides is 1. The molecular formula is C17H26N2O4S. The van der Waals surface area contributed by atoms with Gasteiger partial charge in [0.15, 0.2) is 0 Å². The molecule has 1 aromatic rings. The average Bonchev–Trinajstić information content (AvgIpc) is 2.54. The molecule has 1 N–H and O–H groups in total. The predicted octanol–water partition coefficient (Wildman–Crippen LogP) is 1.47. The number of nitrogens with zero attached hydrogens (tertiary/aromatic N) is 1. The molecule has 1 heterocycles. The van der Waals surface area contributed by atoms with Crippen molar-refractivity contribution in [3.63, 3.8) is 0 Å². The molecule has 1 fully saturated rings. The van der Waals surface area contributed by atoms with E-state index in [4.69, 9.17) is 4.74 Å². The zero-order chi connectivity index (χ0) is 17.7. The highest BCUT2D eigenvalue weighted by Gasteiger charge is 2.29. The summed E-state index contributed by atoms with van der Waals surface area (Å²) in [5, 5.41) is 2.84. The average molecular weight is 354 g/mol. The fraction of sp³-hybridized carbons (Fsp3) is 0.588. The maximum atomic E-state index is 12.2. The van der Waals surface area contributed by atoms with E-state index >= 15 is 0 Å². The minimum atomic E-state index is -3.23. The van der Waals surface area contributed by atoms with E-state index in [1.54, 1.807) is 0 Å². The summed E-state index contributed by atoms with van der Waals surface area (Å²) in [6.07, 6.45) is 2.62. The summed E-state index contributed by atoms with van der Waals surface area (Å²) in [5.41, 5.74) is 2.26. The molecular weight excluding hydrogens is 328 g/mol. The van der Waals surface area contributed by atoms with Crippen molar-refractivity contribution in [2.45, 2.75) is 26.7 Å². The number of hydrogen-bond donors (Lipinski definition) is 1. The Kier molecular flexibility index (Phi) is 6.23. The summed E-state index contributed by atoms with van der Waals surface area (Å²) in [4.78, 5) is 12.2. The quantitative estimate of drug-likeness (QED) is 0.785. The van der Waals surface area contributed by atoms with E-state index in [-0.39, 0.29) is 18.4 Å². The monoisotopic (exact) mass is 354 g/mol. The van der Waals surface area contributed by atoms with Gasteiger partial charge >= 0.3 is 0 Å². The third-order valence-electron chi connectivity index (χ3n) is 4.44. The summed E-state index contributed by atoms with van der Waals surface area (Å²) >= 11 is 0. The Labute approximate surface area is 144 Å². The molecule has 1 aliphatic rings. The lowest BCUT2D eigenvalue weighted by Crippen LogP contribution is -2.45. The van der Waals surface area contributed by atoms with Gasteiger partial charge in [-0.1, -0.05) is 12.1 Å². The first-order valence-electron chi connectivity index (χ1n) is 8.21. The molecule has 1 atom stereocenters. The van der Waals surface area contributed by atoms with Crippen LogP contribution in [0.4, 0.5) is 0 Å². The second kappa shape index (κ2) is 7.98. The highest BCUT2D eigenvalue weighted by Crippen LogP contribution is 2.20. The normalized spacial score (nSPS) is 19.0. The Hall–Kier alpha value is -1.60. The largest absolute Gasteiger partial charge is 0.491 e. The van der Waals surface area contributed by atoms with Crippen molar-refractivity contribution in [2.24, 2.45) is 5.92 Å². The summed E-state index contributed by atoms with van der Waals surface area (Å²) < 4.78 is 30.3. The van der Waals surface area contributed by atoms with Gasteiger partial charge in [0.1, 0.15) is 12.4 Å². The van der Waals surface area contributed by atoms with Crippen LogP contribution >= 0.6 is 0 Å². The number of benzene rings is 1. The van der Waals surface area contributed by atoms with Gasteiger partial charge in [-0.25, -0.2) is 12.7 Å². The number of hydrogen-bond acceptors (Lipinski definition) is 4. The van der Waals surface area contributed by atoms with Gasteiger partial charge in [-0.3, -0.25) is 4.79 Å². The van der Waals surface area contributed by atoms with Gasteiger partial charge in [-0.2, -0.15) is 0 Å². The molecule has 1 amide bonds. The van der Waals surface area contributed by atoms with Crippen molar-refractivity contribution in [1.29, 1.82) is 0 Å². The molecule has 0 bridgehead atoms. The van der Waals surface area contributed by atoms with Crippen LogP contribution in [0.3, 0.4) is 0 Å². The van der Waals surface area contributed by atoms with Gasteiger partial charge in [0.2, 0.25) is 15.9 Å². The Balaban J connectivity index is 1.78. The molecule has 24 heavy (non-hydrogen) atoms. The lowest BCUT2D eigenvalue weighted by Gasteiger charge is -2.30. The smallest absolute Gasteiger partial charge is 0.224 e. The number of carbonyl (C=O) groups is 1. The Morgan fingerprint density at radius 1 is 1.38 bits per heavy atom. The van der Waals surface area contributed by atoms with Crippen LogP contribution in [0.2, 0.25) is 0 Å². The molecule has 0 unspecified atom stereocenters. The van der Waals surface area contributed by atoms with Crippen LogP contribution in [-0.2, 0) is 14.8 Å². The second-order valence-corrected chi connectivity index (χ2v) is 8.28. The van der Waals surface area contributed by atoms with Crippen LogP contribution in [0.15, 0.2) is 18.2 Å². The SMILES string of the molecule is Cc1cccc(OCCNC(=O)[C@H]2CCCN(S(C)(=O)=O)C2)c1C. The first kappa shape index (κ1) is 18.7. The number of aryl methyl sites for hydroxylation is 1. The number of rotatable bonds is 6. The third-order valence-corrected chi connectivity index (χ3v) is 5.71. The minimum absolute atomic E-state index is 0.104. The predicted molar refractivity (Wildman–Crippen MR) is 93.6 cm³/mol. The first-order chi connectivity index (χ1) is 11.3. The van der Waals surface area contributed by atoms with Crippen molar-refractivity contribution in [3.8, 4) is 5.75 Å². The summed E-state index contributed by atoms with van der Waals surface area (Å²) in [6.45, 7) is 5.59. The molecule has 2 rings (SSSR count). The zero-order valence-corrected chi connectivity index (χ0v) is 15.4.